The Morgan fingerprint density at radius 3 is 2.56 bits per heavy atom. The van der Waals surface area contributed by atoms with E-state index in [2.05, 4.69) is 20.4 Å². The molecule has 10 nitrogen and oxygen atoms in total. The highest BCUT2D eigenvalue weighted by Crippen LogP contribution is 2.34. The third-order valence-corrected chi connectivity index (χ3v) is 6.22. The van der Waals surface area contributed by atoms with Gasteiger partial charge in [-0.2, -0.15) is 18.3 Å². The second-order valence-corrected chi connectivity index (χ2v) is 8.86. The summed E-state index contributed by atoms with van der Waals surface area (Å²) in [5.41, 5.74) is -0.561. The van der Waals surface area contributed by atoms with Gasteiger partial charge in [-0.1, -0.05) is 0 Å². The van der Waals surface area contributed by atoms with E-state index in [1.165, 1.54) is 53.6 Å². The Bertz CT molecular complexity index is 1560. The molecule has 39 heavy (non-hydrogen) atoms. The maximum atomic E-state index is 13.7. The van der Waals surface area contributed by atoms with E-state index < -0.39 is 17.8 Å². The van der Waals surface area contributed by atoms with Gasteiger partial charge in [-0.15, -0.1) is 0 Å². The topological polar surface area (TPSA) is 115 Å². The van der Waals surface area contributed by atoms with Crippen LogP contribution in [0.25, 0.3) is 16.9 Å². The molecule has 1 aliphatic rings. The molecule has 1 saturated heterocycles. The van der Waals surface area contributed by atoms with Gasteiger partial charge in [-0.3, -0.25) is 19.4 Å². The van der Waals surface area contributed by atoms with E-state index >= 15 is 0 Å². The fraction of sp³-hybridized carbons (Fsp3) is 0.231. The summed E-state index contributed by atoms with van der Waals surface area (Å²) in [6, 6.07) is 9.46. The second-order valence-electron chi connectivity index (χ2n) is 8.86. The third-order valence-electron chi connectivity index (χ3n) is 6.22. The molecule has 13 heteroatoms. The average Bonchev–Trinajstić information content (AvgIpc) is 3.56. The van der Waals surface area contributed by atoms with E-state index in [9.17, 15) is 27.6 Å². The highest BCUT2D eigenvalue weighted by Gasteiger charge is 2.36. The number of aromatic nitrogens is 5. The van der Waals surface area contributed by atoms with Crippen molar-refractivity contribution < 1.29 is 22.8 Å². The fourth-order valence-electron chi connectivity index (χ4n) is 4.22. The van der Waals surface area contributed by atoms with Gasteiger partial charge < -0.3 is 14.8 Å². The largest absolute Gasteiger partial charge is 0.433 e. The van der Waals surface area contributed by atoms with Crippen molar-refractivity contribution in [3.63, 3.8) is 0 Å². The predicted octanol–water partition coefficient (Wildman–Crippen LogP) is 3.38. The highest BCUT2D eigenvalue weighted by molar-refractivity contribution is 6.03. The first kappa shape index (κ1) is 25.8. The smallest absolute Gasteiger partial charge is 0.341 e. The lowest BCUT2D eigenvalue weighted by Crippen LogP contribution is -2.32. The van der Waals surface area contributed by atoms with Crippen molar-refractivity contribution in [2.45, 2.75) is 25.6 Å². The number of anilines is 1. The Kier molecular flexibility index (Phi) is 6.96. The summed E-state index contributed by atoms with van der Waals surface area (Å²) in [4.78, 5) is 46.5. The summed E-state index contributed by atoms with van der Waals surface area (Å²) in [5.74, 6) is -0.426. The van der Waals surface area contributed by atoms with E-state index in [-0.39, 0.29) is 40.8 Å². The number of rotatable bonds is 7. The molecule has 200 valence electrons. The van der Waals surface area contributed by atoms with Crippen LogP contribution in [0.2, 0.25) is 0 Å². The Morgan fingerprint density at radius 1 is 1.05 bits per heavy atom. The number of pyridine rings is 3. The minimum absolute atomic E-state index is 0.0391. The summed E-state index contributed by atoms with van der Waals surface area (Å²) in [6.45, 7) is 1.25. The maximum Gasteiger partial charge on any atom is 0.433 e. The average molecular weight is 538 g/mol. The minimum atomic E-state index is -4.68. The zero-order valence-electron chi connectivity index (χ0n) is 20.4. The Labute approximate surface area is 219 Å². The van der Waals surface area contributed by atoms with Gasteiger partial charge in [0.15, 0.2) is 0 Å². The summed E-state index contributed by atoms with van der Waals surface area (Å²) < 4.78 is 43.3. The molecule has 0 unspecified atom stereocenters. The zero-order chi connectivity index (χ0) is 27.6. The summed E-state index contributed by atoms with van der Waals surface area (Å²) in [7, 11) is 0. The van der Waals surface area contributed by atoms with Crippen LogP contribution >= 0.6 is 0 Å². The van der Waals surface area contributed by atoms with Gasteiger partial charge >= 0.3 is 6.18 Å². The molecule has 0 radical (unpaired) electrons. The van der Waals surface area contributed by atoms with Gasteiger partial charge in [0.1, 0.15) is 11.5 Å². The van der Waals surface area contributed by atoms with Gasteiger partial charge in [0, 0.05) is 56.3 Å². The Morgan fingerprint density at radius 2 is 1.90 bits per heavy atom. The van der Waals surface area contributed by atoms with Gasteiger partial charge in [-0.05, 0) is 42.8 Å². The van der Waals surface area contributed by atoms with E-state index in [0.29, 0.717) is 25.1 Å². The molecule has 0 spiro atoms. The van der Waals surface area contributed by atoms with Gasteiger partial charge in [0.2, 0.25) is 5.91 Å². The van der Waals surface area contributed by atoms with Crippen molar-refractivity contribution in [1.82, 2.24) is 29.2 Å². The van der Waals surface area contributed by atoms with Crippen molar-refractivity contribution in [3.8, 4) is 16.9 Å². The van der Waals surface area contributed by atoms with Crippen LogP contribution in [-0.4, -0.2) is 54.1 Å². The highest BCUT2D eigenvalue weighted by atomic mass is 19.4. The lowest BCUT2D eigenvalue weighted by molar-refractivity contribution is -0.142. The van der Waals surface area contributed by atoms with Crippen molar-refractivity contribution in [2.24, 2.45) is 0 Å². The van der Waals surface area contributed by atoms with Crippen LogP contribution in [-0.2, 0) is 17.5 Å². The lowest BCUT2D eigenvalue weighted by Gasteiger charge is -2.16. The van der Waals surface area contributed by atoms with Crippen LogP contribution in [0.3, 0.4) is 0 Å². The first-order valence-electron chi connectivity index (χ1n) is 12.0. The molecule has 0 aromatic carbocycles. The van der Waals surface area contributed by atoms with Crippen LogP contribution in [0.4, 0.5) is 19.0 Å². The molecule has 0 aliphatic carbocycles. The quantitative estimate of drug-likeness (QED) is 0.387. The summed E-state index contributed by atoms with van der Waals surface area (Å²) >= 11 is 0. The number of hydrogen-bond acceptors (Lipinski definition) is 6. The normalized spacial score (nSPS) is 13.6. The molecule has 1 fully saturated rings. The van der Waals surface area contributed by atoms with E-state index in [0.717, 1.165) is 17.2 Å². The monoisotopic (exact) mass is 537 g/mol. The number of amides is 2. The van der Waals surface area contributed by atoms with Crippen LogP contribution in [0, 0.1) is 0 Å². The third kappa shape index (κ3) is 5.71. The molecule has 5 heterocycles. The fourth-order valence-corrected chi connectivity index (χ4v) is 4.22. The van der Waals surface area contributed by atoms with Gasteiger partial charge in [0.05, 0.1) is 23.1 Å². The molecule has 4 aromatic heterocycles. The van der Waals surface area contributed by atoms with Crippen molar-refractivity contribution >= 4 is 17.6 Å². The van der Waals surface area contributed by atoms with Crippen molar-refractivity contribution in [3.05, 3.63) is 88.9 Å². The molecule has 1 N–H and O–H groups in total. The molecule has 0 atom stereocenters. The number of carbonyl (C=O) groups is 2. The van der Waals surface area contributed by atoms with Crippen LogP contribution < -0.4 is 10.9 Å². The predicted molar refractivity (Wildman–Crippen MR) is 134 cm³/mol. The molecule has 0 saturated carbocycles. The van der Waals surface area contributed by atoms with Crippen LogP contribution in [0.15, 0.2) is 72.0 Å². The van der Waals surface area contributed by atoms with E-state index in [1.807, 2.05) is 0 Å². The number of alkyl halides is 3. The SMILES string of the molecule is O=C(Nc1ccc(-n2nc(-c3cccnc3)cc2C(F)(F)F)cn1)c1ccc(=O)n(CCN2CCCC2=O)c1. The standard InChI is InChI=1S/C26H22F3N7O3/c27-26(28,29)21-13-20(17-3-1-9-30-14-17)33-36(21)19-6-7-22(31-15-19)32-25(39)18-5-8-24(38)35(16-18)12-11-34-10-2-4-23(34)37/h1,3,5-9,13-16H,2,4,10-12H2,(H,31,32,39). The Balaban J connectivity index is 1.32. The van der Waals surface area contributed by atoms with Crippen molar-refractivity contribution in [2.75, 3.05) is 18.4 Å². The molecule has 1 aliphatic heterocycles. The maximum absolute atomic E-state index is 13.7. The number of carbonyl (C=O) groups excluding carboxylic acids is 2. The van der Waals surface area contributed by atoms with Gasteiger partial charge in [-0.25, -0.2) is 9.67 Å². The number of likely N-dealkylation sites (tertiary alicyclic amines) is 1. The second kappa shape index (κ2) is 10.5. The Hall–Kier alpha value is -4.81. The minimum Gasteiger partial charge on any atom is -0.341 e. The first-order valence-corrected chi connectivity index (χ1v) is 12.0. The van der Waals surface area contributed by atoms with E-state index in [1.54, 1.807) is 17.0 Å². The van der Waals surface area contributed by atoms with Gasteiger partial charge in [0.25, 0.3) is 11.5 Å². The van der Waals surface area contributed by atoms with Crippen molar-refractivity contribution in [1.29, 1.82) is 0 Å². The summed E-state index contributed by atoms with van der Waals surface area (Å²) in [5, 5.41) is 6.67. The number of hydrogen-bond donors (Lipinski definition) is 1. The summed E-state index contributed by atoms with van der Waals surface area (Å²) in [6.07, 6.45) is 2.08. The zero-order valence-corrected chi connectivity index (χ0v) is 20.4. The molecule has 5 rings (SSSR count). The van der Waals surface area contributed by atoms with Crippen LogP contribution in [0.5, 0.6) is 0 Å². The lowest BCUT2D eigenvalue weighted by atomic mass is 10.2. The van der Waals surface area contributed by atoms with E-state index in [4.69, 9.17) is 0 Å². The number of nitrogens with one attached hydrogen (secondary N) is 1. The molecular weight excluding hydrogens is 515 g/mol. The molecule has 2 amide bonds. The molecular formula is C26H22F3N7O3. The van der Waals surface area contributed by atoms with Crippen LogP contribution in [0.1, 0.15) is 28.9 Å². The first-order chi connectivity index (χ1) is 18.7. The number of nitrogens with zero attached hydrogens (tertiary/aromatic N) is 6. The molecule has 4 aromatic rings. The number of halogens is 3. The molecule has 0 bridgehead atoms.